The zero-order valence-corrected chi connectivity index (χ0v) is 11.4. The van der Waals surface area contributed by atoms with E-state index >= 15 is 0 Å². The molecule has 0 atom stereocenters. The van der Waals surface area contributed by atoms with Crippen LogP contribution in [-0.4, -0.2) is 31.3 Å². The minimum atomic E-state index is -4.68. The normalized spacial score (nSPS) is 14.4. The van der Waals surface area contributed by atoms with Crippen molar-refractivity contribution in [3.8, 4) is 0 Å². The molecule has 1 aromatic carbocycles. The lowest BCUT2D eigenvalue weighted by Crippen LogP contribution is -2.18. The number of rotatable bonds is 2. The van der Waals surface area contributed by atoms with Crippen molar-refractivity contribution in [1.29, 1.82) is 0 Å². The summed E-state index contributed by atoms with van der Waals surface area (Å²) in [4.78, 5) is 10.2. The van der Waals surface area contributed by atoms with Gasteiger partial charge in [0.25, 0.3) is 11.5 Å². The van der Waals surface area contributed by atoms with Crippen LogP contribution < -0.4 is 0 Å². The Bertz CT molecular complexity index is 786. The molecule has 114 valence electrons. The molecule has 0 bridgehead atoms. The molecule has 0 N–H and O–H groups in total. The Morgan fingerprint density at radius 2 is 2.09 bits per heavy atom. The molecule has 0 fully saturated rings. The number of fused-ring (bicyclic) bond motifs is 1. The van der Waals surface area contributed by atoms with Gasteiger partial charge in [-0.1, -0.05) is 23.9 Å². The highest BCUT2D eigenvalue weighted by Crippen LogP contribution is 2.32. The summed E-state index contributed by atoms with van der Waals surface area (Å²) < 4.78 is 39.1. The van der Waals surface area contributed by atoms with E-state index in [2.05, 4.69) is 15.3 Å². The summed E-state index contributed by atoms with van der Waals surface area (Å²) in [5, 5.41) is 21.2. The Morgan fingerprint density at radius 1 is 1.32 bits per heavy atom. The molecule has 0 amide bonds. The van der Waals surface area contributed by atoms with Crippen molar-refractivity contribution < 1.29 is 18.1 Å². The number of thioether (sulfide) groups is 1. The first-order valence-electron chi connectivity index (χ1n) is 5.84. The van der Waals surface area contributed by atoms with Gasteiger partial charge in [-0.2, -0.15) is 22.9 Å². The van der Waals surface area contributed by atoms with Crippen molar-refractivity contribution in [2.45, 2.75) is 11.3 Å². The van der Waals surface area contributed by atoms with Crippen LogP contribution in [-0.2, 0) is 6.18 Å². The summed E-state index contributed by atoms with van der Waals surface area (Å²) in [5.74, 6) is -0.977. The van der Waals surface area contributed by atoms with E-state index in [0.717, 1.165) is 11.8 Å². The molecule has 0 aliphatic carbocycles. The topological polar surface area (TPSA) is 86.2 Å². The molecule has 2 heterocycles. The van der Waals surface area contributed by atoms with E-state index < -0.39 is 16.9 Å². The number of nitro groups is 1. The van der Waals surface area contributed by atoms with E-state index in [4.69, 9.17) is 0 Å². The predicted molar refractivity (Wildman–Crippen MR) is 70.8 cm³/mol. The maximum atomic E-state index is 12.8. The summed E-state index contributed by atoms with van der Waals surface area (Å²) in [5.41, 5.74) is 0.511. The van der Waals surface area contributed by atoms with Gasteiger partial charge in [-0.25, -0.2) is 0 Å². The molecule has 0 saturated heterocycles. The van der Waals surface area contributed by atoms with Crippen molar-refractivity contribution in [2.75, 3.05) is 5.75 Å². The first-order valence-corrected chi connectivity index (χ1v) is 6.83. The second-order valence-corrected chi connectivity index (χ2v) is 5.20. The Labute approximate surface area is 125 Å². The van der Waals surface area contributed by atoms with Crippen LogP contribution in [0.25, 0.3) is 0 Å². The molecule has 0 saturated carbocycles. The standard InChI is InChI=1S/C11H6F3N5O2S/c12-11(13,14)9-15-16-10-18(9)17-8(5-22-10)6-2-1-3-7(4-6)19(20)21/h1-4H,5H2. The largest absolute Gasteiger partial charge is 0.453 e. The number of benzene rings is 1. The number of alkyl halides is 3. The average Bonchev–Trinajstić information content (AvgIpc) is 2.90. The molecular weight excluding hydrogens is 323 g/mol. The number of hydrogen-bond acceptors (Lipinski definition) is 6. The van der Waals surface area contributed by atoms with Gasteiger partial charge in [-0.05, 0) is 0 Å². The zero-order chi connectivity index (χ0) is 15.9. The van der Waals surface area contributed by atoms with E-state index in [-0.39, 0.29) is 22.3 Å². The van der Waals surface area contributed by atoms with Gasteiger partial charge in [0.2, 0.25) is 5.16 Å². The Kier molecular flexibility index (Phi) is 3.35. The number of nitrogens with zero attached hydrogens (tertiary/aromatic N) is 5. The van der Waals surface area contributed by atoms with Crippen LogP contribution in [0.2, 0.25) is 0 Å². The van der Waals surface area contributed by atoms with Crippen molar-refractivity contribution in [1.82, 2.24) is 14.9 Å². The zero-order valence-electron chi connectivity index (χ0n) is 10.6. The van der Waals surface area contributed by atoms with Crippen LogP contribution in [0.5, 0.6) is 0 Å². The quantitative estimate of drug-likeness (QED) is 0.624. The van der Waals surface area contributed by atoms with Crippen molar-refractivity contribution >= 4 is 23.2 Å². The molecular formula is C11H6F3N5O2S. The second-order valence-electron chi connectivity index (χ2n) is 4.26. The van der Waals surface area contributed by atoms with E-state index in [1.165, 1.54) is 18.2 Å². The number of halogens is 3. The van der Waals surface area contributed by atoms with Gasteiger partial charge < -0.3 is 0 Å². The Hall–Kier alpha value is -2.43. The van der Waals surface area contributed by atoms with Gasteiger partial charge in [0.05, 0.1) is 10.6 Å². The lowest BCUT2D eigenvalue weighted by Gasteiger charge is -2.14. The summed E-state index contributed by atoms with van der Waals surface area (Å²) in [6.45, 7) is 0. The maximum Gasteiger partial charge on any atom is 0.453 e. The summed E-state index contributed by atoms with van der Waals surface area (Å²) >= 11 is 1.03. The van der Waals surface area contributed by atoms with Gasteiger partial charge >= 0.3 is 6.18 Å². The van der Waals surface area contributed by atoms with Crippen LogP contribution >= 0.6 is 11.8 Å². The predicted octanol–water partition coefficient (Wildman–Crippen LogP) is 2.56. The van der Waals surface area contributed by atoms with Gasteiger partial charge in [0.15, 0.2) is 0 Å². The minimum Gasteiger partial charge on any atom is -0.258 e. The van der Waals surface area contributed by atoms with Crippen LogP contribution in [0.4, 0.5) is 18.9 Å². The smallest absolute Gasteiger partial charge is 0.258 e. The number of aromatic nitrogens is 3. The molecule has 0 spiro atoms. The van der Waals surface area contributed by atoms with Gasteiger partial charge in [0, 0.05) is 23.4 Å². The summed E-state index contributed by atoms with van der Waals surface area (Å²) in [6, 6.07) is 5.56. The monoisotopic (exact) mass is 329 g/mol. The average molecular weight is 329 g/mol. The van der Waals surface area contributed by atoms with Crippen molar-refractivity contribution in [2.24, 2.45) is 5.10 Å². The number of nitro benzene ring substituents is 1. The molecule has 3 rings (SSSR count). The fourth-order valence-corrected chi connectivity index (χ4v) is 2.68. The van der Waals surface area contributed by atoms with E-state index in [9.17, 15) is 23.3 Å². The fraction of sp³-hybridized carbons (Fsp3) is 0.182. The molecule has 1 aromatic heterocycles. The molecule has 2 aromatic rings. The molecule has 11 heteroatoms. The van der Waals surface area contributed by atoms with E-state index in [0.29, 0.717) is 10.2 Å². The highest BCUT2D eigenvalue weighted by atomic mass is 32.2. The molecule has 22 heavy (non-hydrogen) atoms. The molecule has 1 aliphatic rings. The molecule has 0 radical (unpaired) electrons. The van der Waals surface area contributed by atoms with E-state index in [1.807, 2.05) is 0 Å². The van der Waals surface area contributed by atoms with Crippen molar-refractivity contribution in [3.63, 3.8) is 0 Å². The van der Waals surface area contributed by atoms with Gasteiger partial charge in [0.1, 0.15) is 0 Å². The van der Waals surface area contributed by atoms with Gasteiger partial charge in [-0.3, -0.25) is 10.1 Å². The fourth-order valence-electron chi connectivity index (χ4n) is 1.84. The third-order valence-corrected chi connectivity index (χ3v) is 3.75. The second kappa shape index (κ2) is 5.09. The van der Waals surface area contributed by atoms with Crippen LogP contribution in [0, 0.1) is 10.1 Å². The lowest BCUT2D eigenvalue weighted by atomic mass is 10.1. The first kappa shape index (κ1) is 14.5. The van der Waals surface area contributed by atoms with Crippen LogP contribution in [0.1, 0.15) is 11.4 Å². The summed E-state index contributed by atoms with van der Waals surface area (Å²) in [6.07, 6.45) is -4.68. The Balaban J connectivity index is 2.06. The number of non-ortho nitro benzene ring substituents is 1. The van der Waals surface area contributed by atoms with Crippen LogP contribution in [0.3, 0.4) is 0 Å². The third-order valence-electron chi connectivity index (χ3n) is 2.81. The lowest BCUT2D eigenvalue weighted by molar-refractivity contribution is -0.384. The highest BCUT2D eigenvalue weighted by molar-refractivity contribution is 7.99. The highest BCUT2D eigenvalue weighted by Gasteiger charge is 2.40. The Morgan fingerprint density at radius 3 is 2.77 bits per heavy atom. The maximum absolute atomic E-state index is 12.8. The third kappa shape index (κ3) is 2.54. The van der Waals surface area contributed by atoms with Gasteiger partial charge in [-0.15, -0.1) is 10.2 Å². The molecule has 7 nitrogen and oxygen atoms in total. The molecule has 0 unspecified atom stereocenters. The summed E-state index contributed by atoms with van der Waals surface area (Å²) in [7, 11) is 0. The SMILES string of the molecule is O=[N+]([O-])c1cccc(C2=Nn3c(nnc3C(F)(F)F)SC2)c1. The molecule has 1 aliphatic heterocycles. The van der Waals surface area contributed by atoms with Crippen LogP contribution in [0.15, 0.2) is 34.5 Å². The first-order chi connectivity index (χ1) is 10.4. The number of hydrogen-bond donors (Lipinski definition) is 0. The minimum absolute atomic E-state index is 0.0292. The van der Waals surface area contributed by atoms with E-state index in [1.54, 1.807) is 6.07 Å². The van der Waals surface area contributed by atoms with Crippen molar-refractivity contribution in [3.05, 3.63) is 45.8 Å².